The van der Waals surface area contributed by atoms with E-state index < -0.39 is 30.4 Å². The number of amides is 2. The summed E-state index contributed by atoms with van der Waals surface area (Å²) < 4.78 is 0. The van der Waals surface area contributed by atoms with E-state index in [1.54, 1.807) is 7.05 Å². The molecule has 7 heteroatoms. The maximum Gasteiger partial charge on any atom is 0.326 e. The van der Waals surface area contributed by atoms with Crippen molar-refractivity contribution in [1.29, 1.82) is 0 Å². The molecular formula is C11H20N2O5. The van der Waals surface area contributed by atoms with Crippen LogP contribution < -0.4 is 5.32 Å². The lowest BCUT2D eigenvalue weighted by Gasteiger charge is -2.20. The smallest absolute Gasteiger partial charge is 0.326 e. The van der Waals surface area contributed by atoms with Crippen molar-refractivity contribution >= 4 is 18.0 Å². The van der Waals surface area contributed by atoms with Crippen LogP contribution in [0.15, 0.2) is 0 Å². The van der Waals surface area contributed by atoms with Gasteiger partial charge in [-0.05, 0) is 6.42 Å². The van der Waals surface area contributed by atoms with Crippen LogP contribution in [0.5, 0.6) is 0 Å². The molecule has 2 amide bonds. The molecule has 0 unspecified atom stereocenters. The SMILES string of the molecule is CCCCCN(C)C(=O)N[C@H](CC(=O)O)C(=O)O. The monoisotopic (exact) mass is 260 g/mol. The van der Waals surface area contributed by atoms with Gasteiger partial charge in [-0.15, -0.1) is 0 Å². The highest BCUT2D eigenvalue weighted by molar-refractivity contribution is 5.86. The van der Waals surface area contributed by atoms with Crippen LogP contribution in [-0.4, -0.2) is 52.7 Å². The molecule has 0 saturated carbocycles. The zero-order valence-electron chi connectivity index (χ0n) is 10.7. The number of hydrogen-bond acceptors (Lipinski definition) is 3. The summed E-state index contributed by atoms with van der Waals surface area (Å²) in [6, 6.07) is -1.97. The number of aliphatic carboxylic acids is 2. The summed E-state index contributed by atoms with van der Waals surface area (Å²) in [5.41, 5.74) is 0. The van der Waals surface area contributed by atoms with E-state index in [0.717, 1.165) is 19.3 Å². The van der Waals surface area contributed by atoms with E-state index >= 15 is 0 Å². The first kappa shape index (κ1) is 16.2. The van der Waals surface area contributed by atoms with Gasteiger partial charge in [0.2, 0.25) is 0 Å². The number of rotatable bonds is 8. The van der Waals surface area contributed by atoms with Gasteiger partial charge in [0.25, 0.3) is 0 Å². The van der Waals surface area contributed by atoms with E-state index in [1.165, 1.54) is 4.90 Å². The summed E-state index contributed by atoms with van der Waals surface area (Å²) in [5, 5.41) is 19.5. The van der Waals surface area contributed by atoms with Gasteiger partial charge in [-0.2, -0.15) is 0 Å². The number of carbonyl (C=O) groups excluding carboxylic acids is 1. The predicted molar refractivity (Wildman–Crippen MR) is 64.4 cm³/mol. The molecule has 0 aromatic rings. The van der Waals surface area contributed by atoms with Crippen LogP contribution in [0.1, 0.15) is 32.6 Å². The number of carboxylic acid groups (broad SMARTS) is 2. The van der Waals surface area contributed by atoms with E-state index in [0.29, 0.717) is 6.54 Å². The van der Waals surface area contributed by atoms with Crippen LogP contribution in [0.25, 0.3) is 0 Å². The van der Waals surface area contributed by atoms with Gasteiger partial charge in [-0.3, -0.25) is 4.79 Å². The van der Waals surface area contributed by atoms with E-state index in [9.17, 15) is 14.4 Å². The van der Waals surface area contributed by atoms with Crippen LogP contribution in [-0.2, 0) is 9.59 Å². The summed E-state index contributed by atoms with van der Waals surface area (Å²) in [6.45, 7) is 2.55. The highest BCUT2D eigenvalue weighted by atomic mass is 16.4. The van der Waals surface area contributed by atoms with Crippen molar-refractivity contribution in [3.8, 4) is 0 Å². The van der Waals surface area contributed by atoms with E-state index in [2.05, 4.69) is 5.32 Å². The van der Waals surface area contributed by atoms with Gasteiger partial charge in [0.05, 0.1) is 6.42 Å². The second-order valence-electron chi connectivity index (χ2n) is 4.07. The normalized spacial score (nSPS) is 11.7. The predicted octanol–water partition coefficient (Wildman–Crippen LogP) is 0.746. The Hall–Kier alpha value is -1.79. The first-order valence-corrected chi connectivity index (χ1v) is 5.84. The summed E-state index contributed by atoms with van der Waals surface area (Å²) >= 11 is 0. The largest absolute Gasteiger partial charge is 0.481 e. The third-order valence-corrected chi connectivity index (χ3v) is 2.42. The molecule has 0 aliphatic carbocycles. The number of carbonyl (C=O) groups is 3. The van der Waals surface area contributed by atoms with Crippen molar-refractivity contribution in [3.63, 3.8) is 0 Å². The molecule has 0 saturated heterocycles. The molecule has 0 aromatic heterocycles. The van der Waals surface area contributed by atoms with Gasteiger partial charge >= 0.3 is 18.0 Å². The molecule has 3 N–H and O–H groups in total. The minimum absolute atomic E-state index is 0.513. The minimum Gasteiger partial charge on any atom is -0.481 e. The van der Waals surface area contributed by atoms with Gasteiger partial charge in [0.1, 0.15) is 6.04 Å². The highest BCUT2D eigenvalue weighted by Crippen LogP contribution is 1.99. The number of nitrogens with zero attached hydrogens (tertiary/aromatic N) is 1. The lowest BCUT2D eigenvalue weighted by atomic mass is 10.2. The van der Waals surface area contributed by atoms with Gasteiger partial charge < -0.3 is 20.4 Å². The molecule has 104 valence electrons. The maximum absolute atomic E-state index is 11.6. The van der Waals surface area contributed by atoms with E-state index in [-0.39, 0.29) is 0 Å². The lowest BCUT2D eigenvalue weighted by Crippen LogP contribution is -2.47. The molecule has 0 rings (SSSR count). The molecule has 7 nitrogen and oxygen atoms in total. The third-order valence-electron chi connectivity index (χ3n) is 2.42. The number of carboxylic acids is 2. The Morgan fingerprint density at radius 1 is 1.22 bits per heavy atom. The number of urea groups is 1. The Morgan fingerprint density at radius 2 is 1.83 bits per heavy atom. The molecule has 1 atom stereocenters. The molecule has 18 heavy (non-hydrogen) atoms. The lowest BCUT2D eigenvalue weighted by molar-refractivity contribution is -0.145. The zero-order valence-corrected chi connectivity index (χ0v) is 10.7. The topological polar surface area (TPSA) is 107 Å². The van der Waals surface area contributed by atoms with Crippen molar-refractivity contribution < 1.29 is 24.6 Å². The first-order valence-electron chi connectivity index (χ1n) is 5.84. The summed E-state index contributed by atoms with van der Waals surface area (Å²) in [5.74, 6) is -2.62. The first-order chi connectivity index (χ1) is 8.38. The Bertz CT molecular complexity index is 306. The molecule has 0 aliphatic heterocycles. The Labute approximate surface area is 106 Å². The molecule has 0 aliphatic rings. The Kier molecular flexibility index (Phi) is 7.50. The second kappa shape index (κ2) is 8.32. The summed E-state index contributed by atoms with van der Waals surface area (Å²) in [7, 11) is 1.55. The molecule has 0 radical (unpaired) electrons. The highest BCUT2D eigenvalue weighted by Gasteiger charge is 2.24. The standard InChI is InChI=1S/C11H20N2O5/c1-3-4-5-6-13(2)11(18)12-8(10(16)17)7-9(14)15/h8H,3-7H2,1-2H3,(H,12,18)(H,14,15)(H,16,17)/t8-/m1/s1. The van der Waals surface area contributed by atoms with Crippen LogP contribution in [0, 0.1) is 0 Å². The van der Waals surface area contributed by atoms with E-state index in [1.807, 2.05) is 6.92 Å². The molecule has 0 spiro atoms. The molecule has 0 aromatic carbocycles. The third kappa shape index (κ3) is 6.72. The van der Waals surface area contributed by atoms with Crippen LogP contribution in [0.4, 0.5) is 4.79 Å². The fourth-order valence-corrected chi connectivity index (χ4v) is 1.33. The fourth-order valence-electron chi connectivity index (χ4n) is 1.33. The van der Waals surface area contributed by atoms with Gasteiger partial charge in [-0.1, -0.05) is 19.8 Å². The Balaban J connectivity index is 4.23. The maximum atomic E-state index is 11.6. The minimum atomic E-state index is -1.40. The summed E-state index contributed by atoms with van der Waals surface area (Å²) in [6.07, 6.45) is 2.20. The number of hydrogen-bond donors (Lipinski definition) is 3. The summed E-state index contributed by atoms with van der Waals surface area (Å²) in [4.78, 5) is 34.2. The van der Waals surface area contributed by atoms with Crippen LogP contribution in [0.2, 0.25) is 0 Å². The number of nitrogens with one attached hydrogen (secondary N) is 1. The van der Waals surface area contributed by atoms with Crippen molar-refractivity contribution in [2.24, 2.45) is 0 Å². The molecule has 0 fully saturated rings. The molecule has 0 heterocycles. The molecular weight excluding hydrogens is 240 g/mol. The van der Waals surface area contributed by atoms with Crippen molar-refractivity contribution in [2.75, 3.05) is 13.6 Å². The zero-order chi connectivity index (χ0) is 14.1. The van der Waals surface area contributed by atoms with Gasteiger partial charge in [0.15, 0.2) is 0 Å². The number of unbranched alkanes of at least 4 members (excludes halogenated alkanes) is 2. The average Bonchev–Trinajstić information content (AvgIpc) is 2.27. The quantitative estimate of drug-likeness (QED) is 0.558. The second-order valence-corrected chi connectivity index (χ2v) is 4.07. The van der Waals surface area contributed by atoms with Crippen molar-refractivity contribution in [2.45, 2.75) is 38.6 Å². The van der Waals surface area contributed by atoms with E-state index in [4.69, 9.17) is 10.2 Å². The van der Waals surface area contributed by atoms with Gasteiger partial charge in [-0.25, -0.2) is 9.59 Å². The Morgan fingerprint density at radius 3 is 2.28 bits per heavy atom. The van der Waals surface area contributed by atoms with Crippen LogP contribution >= 0.6 is 0 Å². The van der Waals surface area contributed by atoms with Gasteiger partial charge in [0, 0.05) is 13.6 Å². The van der Waals surface area contributed by atoms with Crippen molar-refractivity contribution in [1.82, 2.24) is 10.2 Å². The molecule has 0 bridgehead atoms. The average molecular weight is 260 g/mol. The van der Waals surface area contributed by atoms with Crippen molar-refractivity contribution in [3.05, 3.63) is 0 Å². The fraction of sp³-hybridized carbons (Fsp3) is 0.727. The van der Waals surface area contributed by atoms with Crippen LogP contribution in [0.3, 0.4) is 0 Å².